The summed E-state index contributed by atoms with van der Waals surface area (Å²) in [5.74, 6) is 0.912. The second kappa shape index (κ2) is 8.94. The van der Waals surface area contributed by atoms with Crippen LogP contribution in [0.25, 0.3) is 0 Å². The van der Waals surface area contributed by atoms with Gasteiger partial charge in [-0.3, -0.25) is 0 Å². The zero-order valence-corrected chi connectivity index (χ0v) is 12.6. The van der Waals surface area contributed by atoms with E-state index in [0.29, 0.717) is 12.1 Å². The first-order valence-electron chi connectivity index (χ1n) is 7.09. The van der Waals surface area contributed by atoms with Crippen LogP contribution in [-0.4, -0.2) is 32.4 Å². The molecule has 1 rings (SSSR count). The fraction of sp³-hybridized carbons (Fsp3) is 0.625. The summed E-state index contributed by atoms with van der Waals surface area (Å²) in [7, 11) is 1.69. The predicted octanol–water partition coefficient (Wildman–Crippen LogP) is 3.03. The largest absolute Gasteiger partial charge is 0.497 e. The molecule has 1 unspecified atom stereocenters. The molecule has 0 saturated carbocycles. The van der Waals surface area contributed by atoms with Crippen molar-refractivity contribution in [3.05, 3.63) is 29.8 Å². The molecule has 0 heterocycles. The lowest BCUT2D eigenvalue weighted by atomic mass is 10.1. The molecule has 19 heavy (non-hydrogen) atoms. The van der Waals surface area contributed by atoms with Crippen molar-refractivity contribution in [3.8, 4) is 5.75 Å². The molecular weight excluding hydrogens is 238 g/mol. The Bertz CT molecular complexity index is 335. The van der Waals surface area contributed by atoms with Gasteiger partial charge in [0, 0.05) is 12.6 Å². The van der Waals surface area contributed by atoms with E-state index >= 15 is 0 Å². The number of benzene rings is 1. The first-order valence-corrected chi connectivity index (χ1v) is 7.09. The third-order valence-corrected chi connectivity index (χ3v) is 2.97. The minimum Gasteiger partial charge on any atom is -0.497 e. The maximum atomic E-state index is 5.51. The second-order valence-corrected chi connectivity index (χ2v) is 5.18. The summed E-state index contributed by atoms with van der Waals surface area (Å²) in [5, 5.41) is 3.52. The normalized spacial score (nSPS) is 12.7. The summed E-state index contributed by atoms with van der Waals surface area (Å²) in [6.45, 7) is 8.19. The summed E-state index contributed by atoms with van der Waals surface area (Å²) in [6.07, 6.45) is 2.43. The highest BCUT2D eigenvalue weighted by Gasteiger charge is 2.03. The minimum atomic E-state index is 0.330. The van der Waals surface area contributed by atoms with Crippen molar-refractivity contribution >= 4 is 0 Å². The molecule has 3 nitrogen and oxygen atoms in total. The lowest BCUT2D eigenvalue weighted by Crippen LogP contribution is -2.29. The highest BCUT2D eigenvalue weighted by atomic mass is 16.5. The van der Waals surface area contributed by atoms with E-state index in [-0.39, 0.29) is 0 Å². The summed E-state index contributed by atoms with van der Waals surface area (Å²) >= 11 is 0. The summed E-state index contributed by atoms with van der Waals surface area (Å²) in [5.41, 5.74) is 1.33. The van der Waals surface area contributed by atoms with Crippen molar-refractivity contribution in [1.29, 1.82) is 0 Å². The molecule has 0 radical (unpaired) electrons. The van der Waals surface area contributed by atoms with Crippen LogP contribution in [0, 0.1) is 0 Å². The predicted molar refractivity (Wildman–Crippen MR) is 79.9 cm³/mol. The molecule has 0 aliphatic heterocycles. The van der Waals surface area contributed by atoms with Crippen molar-refractivity contribution < 1.29 is 9.47 Å². The lowest BCUT2D eigenvalue weighted by molar-refractivity contribution is 0.0768. The number of hydrogen-bond acceptors (Lipinski definition) is 3. The van der Waals surface area contributed by atoms with Crippen LogP contribution in [-0.2, 0) is 11.2 Å². The molecule has 3 heteroatoms. The van der Waals surface area contributed by atoms with Gasteiger partial charge in [-0.1, -0.05) is 12.1 Å². The zero-order valence-electron chi connectivity index (χ0n) is 12.6. The van der Waals surface area contributed by atoms with Crippen molar-refractivity contribution in [2.75, 3.05) is 20.3 Å². The third kappa shape index (κ3) is 7.19. The first kappa shape index (κ1) is 16.0. The van der Waals surface area contributed by atoms with E-state index in [9.17, 15) is 0 Å². The van der Waals surface area contributed by atoms with Crippen molar-refractivity contribution in [3.63, 3.8) is 0 Å². The Morgan fingerprint density at radius 1 is 1.11 bits per heavy atom. The number of ether oxygens (including phenoxy) is 2. The van der Waals surface area contributed by atoms with Gasteiger partial charge in [-0.25, -0.2) is 0 Å². The zero-order chi connectivity index (χ0) is 14.1. The quantitative estimate of drug-likeness (QED) is 0.696. The Morgan fingerprint density at radius 2 is 1.79 bits per heavy atom. The number of nitrogens with one attached hydrogen (secondary N) is 1. The van der Waals surface area contributed by atoms with Crippen LogP contribution in [0.15, 0.2) is 24.3 Å². The fourth-order valence-electron chi connectivity index (χ4n) is 1.93. The van der Waals surface area contributed by atoms with Gasteiger partial charge >= 0.3 is 0 Å². The number of hydrogen-bond donors (Lipinski definition) is 1. The van der Waals surface area contributed by atoms with E-state index in [1.807, 2.05) is 12.1 Å². The monoisotopic (exact) mass is 265 g/mol. The maximum Gasteiger partial charge on any atom is 0.118 e. The first-order chi connectivity index (χ1) is 9.11. The molecule has 0 aliphatic carbocycles. The van der Waals surface area contributed by atoms with Gasteiger partial charge in [0.1, 0.15) is 5.75 Å². The molecule has 1 aromatic carbocycles. The average molecular weight is 265 g/mol. The fourth-order valence-corrected chi connectivity index (χ4v) is 1.93. The van der Waals surface area contributed by atoms with E-state index in [0.717, 1.165) is 31.7 Å². The van der Waals surface area contributed by atoms with Crippen LogP contribution in [0.2, 0.25) is 0 Å². The van der Waals surface area contributed by atoms with Crippen LogP contribution in [0.4, 0.5) is 0 Å². The van der Waals surface area contributed by atoms with Gasteiger partial charge in [0.2, 0.25) is 0 Å². The smallest absolute Gasteiger partial charge is 0.118 e. The summed E-state index contributed by atoms with van der Waals surface area (Å²) in [4.78, 5) is 0. The van der Waals surface area contributed by atoms with Crippen molar-refractivity contribution in [2.24, 2.45) is 0 Å². The number of methoxy groups -OCH3 is 1. The highest BCUT2D eigenvalue weighted by Crippen LogP contribution is 2.12. The van der Waals surface area contributed by atoms with Gasteiger partial charge in [-0.15, -0.1) is 0 Å². The van der Waals surface area contributed by atoms with Crippen molar-refractivity contribution in [2.45, 2.75) is 45.8 Å². The molecule has 1 N–H and O–H groups in total. The molecule has 1 atom stereocenters. The van der Waals surface area contributed by atoms with Gasteiger partial charge < -0.3 is 14.8 Å². The lowest BCUT2D eigenvalue weighted by Gasteiger charge is -2.14. The summed E-state index contributed by atoms with van der Waals surface area (Å²) < 4.78 is 10.7. The van der Waals surface area contributed by atoms with Gasteiger partial charge in [0.05, 0.1) is 13.2 Å². The van der Waals surface area contributed by atoms with E-state index < -0.39 is 0 Å². The van der Waals surface area contributed by atoms with Gasteiger partial charge in [0.25, 0.3) is 0 Å². The number of rotatable bonds is 9. The molecular formula is C16H27NO2. The van der Waals surface area contributed by atoms with E-state index in [2.05, 4.69) is 38.2 Å². The Kier molecular flexibility index (Phi) is 7.53. The van der Waals surface area contributed by atoms with Crippen LogP contribution in [0.1, 0.15) is 32.8 Å². The molecule has 0 aliphatic rings. The van der Waals surface area contributed by atoms with E-state index in [1.165, 1.54) is 5.56 Å². The molecule has 0 bridgehead atoms. The topological polar surface area (TPSA) is 30.5 Å². The minimum absolute atomic E-state index is 0.330. The van der Waals surface area contributed by atoms with Crippen LogP contribution in [0.3, 0.4) is 0 Å². The van der Waals surface area contributed by atoms with Gasteiger partial charge in [-0.2, -0.15) is 0 Å². The van der Waals surface area contributed by atoms with E-state index in [4.69, 9.17) is 9.47 Å². The molecule has 0 fully saturated rings. The maximum absolute atomic E-state index is 5.51. The average Bonchev–Trinajstić information content (AvgIpc) is 2.39. The molecule has 0 amide bonds. The SMILES string of the molecule is COc1ccc(CC(C)NCCCOC(C)C)cc1. The molecule has 0 spiro atoms. The Hall–Kier alpha value is -1.06. The second-order valence-electron chi connectivity index (χ2n) is 5.18. The Balaban J connectivity index is 2.17. The Morgan fingerprint density at radius 3 is 2.37 bits per heavy atom. The molecule has 1 aromatic rings. The van der Waals surface area contributed by atoms with E-state index in [1.54, 1.807) is 7.11 Å². The van der Waals surface area contributed by atoms with Crippen molar-refractivity contribution in [1.82, 2.24) is 5.32 Å². The van der Waals surface area contributed by atoms with Crippen LogP contribution >= 0.6 is 0 Å². The van der Waals surface area contributed by atoms with Crippen LogP contribution in [0.5, 0.6) is 5.75 Å². The standard InChI is InChI=1S/C16H27NO2/c1-13(2)19-11-5-10-17-14(3)12-15-6-8-16(18-4)9-7-15/h6-9,13-14,17H,5,10-12H2,1-4H3. The Labute approximate surface area is 117 Å². The van der Waals surface area contributed by atoms with Gasteiger partial charge in [-0.05, 0) is 57.9 Å². The molecule has 0 saturated heterocycles. The molecule has 0 aromatic heterocycles. The third-order valence-electron chi connectivity index (χ3n) is 2.97. The van der Waals surface area contributed by atoms with Crippen LogP contribution < -0.4 is 10.1 Å². The molecule has 108 valence electrons. The summed E-state index contributed by atoms with van der Waals surface area (Å²) in [6, 6.07) is 8.75. The van der Waals surface area contributed by atoms with Gasteiger partial charge in [0.15, 0.2) is 0 Å². The highest BCUT2D eigenvalue weighted by molar-refractivity contribution is 5.27.